The Morgan fingerprint density at radius 1 is 0.971 bits per heavy atom. The van der Waals surface area contributed by atoms with Crippen LogP contribution in [0.25, 0.3) is 11.1 Å². The van der Waals surface area contributed by atoms with Crippen LogP contribution in [0.2, 0.25) is 0 Å². The molecule has 0 heterocycles. The number of nitrogens with one attached hydrogen (secondary N) is 2. The first-order valence-corrected chi connectivity index (χ1v) is 11.4. The quantitative estimate of drug-likeness (QED) is 0.255. The highest BCUT2D eigenvalue weighted by atomic mass is 32.2. The Bertz CT molecular complexity index is 984. The summed E-state index contributed by atoms with van der Waals surface area (Å²) >= 11 is 1.55. The number of nitrogens with zero attached hydrogens (tertiary/aromatic N) is 1. The highest BCUT2D eigenvalue weighted by Crippen LogP contribution is 2.36. The number of hydrogen-bond donors (Lipinski definition) is 2. The molecule has 3 atom stereocenters. The van der Waals surface area contributed by atoms with Crippen LogP contribution in [0.15, 0.2) is 53.4 Å². The molecule has 11 heteroatoms. The van der Waals surface area contributed by atoms with Crippen LogP contribution in [0.3, 0.4) is 0 Å². The molecule has 0 aliphatic heterocycles. The third-order valence-corrected chi connectivity index (χ3v) is 5.91. The number of hydrogen-bond acceptors (Lipinski definition) is 4. The van der Waals surface area contributed by atoms with E-state index in [2.05, 4.69) is 0 Å². The summed E-state index contributed by atoms with van der Waals surface area (Å²) in [6.45, 7) is 0.240. The summed E-state index contributed by atoms with van der Waals surface area (Å²) in [5.41, 5.74) is 1.19. The van der Waals surface area contributed by atoms with E-state index in [9.17, 15) is 31.1 Å². The number of benzene rings is 2. The first-order chi connectivity index (χ1) is 15.9. The minimum atomic E-state index is -4.89. The summed E-state index contributed by atoms with van der Waals surface area (Å²) in [4.78, 5) is 13.3. The fraction of sp³-hybridized carbons (Fsp3) is 0.391. The highest BCUT2D eigenvalue weighted by Gasteiger charge is 2.45. The van der Waals surface area contributed by atoms with Crippen LogP contribution in [0.5, 0.6) is 0 Å². The molecule has 2 rings (SSSR count). The molecule has 4 nitrogen and oxygen atoms in total. The van der Waals surface area contributed by atoms with Crippen molar-refractivity contribution in [2.45, 2.75) is 42.7 Å². The molecule has 0 saturated heterocycles. The van der Waals surface area contributed by atoms with Gasteiger partial charge < -0.3 is 5.32 Å². The van der Waals surface area contributed by atoms with Gasteiger partial charge in [-0.3, -0.25) is 10.1 Å². The van der Waals surface area contributed by atoms with Gasteiger partial charge in [-0.1, -0.05) is 43.3 Å². The molecule has 1 unspecified atom stereocenters. The zero-order valence-corrected chi connectivity index (χ0v) is 19.1. The van der Waals surface area contributed by atoms with Crippen LogP contribution in [0.1, 0.15) is 24.9 Å². The van der Waals surface area contributed by atoms with Gasteiger partial charge in [0.1, 0.15) is 12.6 Å². The molecule has 0 spiro atoms. The number of carbonyl (C=O) groups excluding carboxylic acids is 1. The fourth-order valence-electron chi connectivity index (χ4n) is 3.22. The summed E-state index contributed by atoms with van der Waals surface area (Å²) in [6.07, 6.45) is -8.60. The van der Waals surface area contributed by atoms with E-state index in [4.69, 9.17) is 5.26 Å². The van der Waals surface area contributed by atoms with Gasteiger partial charge in [-0.2, -0.15) is 31.6 Å². The Labute approximate surface area is 197 Å². The van der Waals surface area contributed by atoms with Crippen molar-refractivity contribution in [3.8, 4) is 17.2 Å². The third kappa shape index (κ3) is 7.67. The van der Waals surface area contributed by atoms with Crippen molar-refractivity contribution in [3.05, 3.63) is 54.1 Å². The number of alkyl halides is 6. The molecule has 0 aliphatic carbocycles. The Morgan fingerprint density at radius 3 is 1.94 bits per heavy atom. The van der Waals surface area contributed by atoms with E-state index in [1.54, 1.807) is 17.8 Å². The van der Waals surface area contributed by atoms with E-state index in [0.29, 0.717) is 5.56 Å². The Kier molecular flexibility index (Phi) is 9.41. The predicted octanol–water partition coefficient (Wildman–Crippen LogP) is 5.87. The highest BCUT2D eigenvalue weighted by molar-refractivity contribution is 7.98. The second kappa shape index (κ2) is 11.6. The van der Waals surface area contributed by atoms with Crippen LogP contribution in [-0.2, 0) is 4.79 Å². The zero-order chi connectivity index (χ0) is 25.5. The van der Waals surface area contributed by atoms with Crippen LogP contribution in [0.4, 0.5) is 26.3 Å². The molecule has 0 aliphatic rings. The van der Waals surface area contributed by atoms with Gasteiger partial charge in [-0.15, -0.1) is 11.8 Å². The van der Waals surface area contributed by atoms with Crippen LogP contribution >= 0.6 is 11.8 Å². The molecule has 0 saturated carbocycles. The van der Waals surface area contributed by atoms with Gasteiger partial charge in [-0.05, 0) is 41.5 Å². The first kappa shape index (κ1) is 27.5. The summed E-state index contributed by atoms with van der Waals surface area (Å²) in [7, 11) is 0. The van der Waals surface area contributed by atoms with Gasteiger partial charge in [0.05, 0.1) is 18.0 Å². The van der Waals surface area contributed by atoms with Crippen LogP contribution < -0.4 is 10.6 Å². The van der Waals surface area contributed by atoms with E-state index in [-0.39, 0.29) is 5.56 Å². The van der Waals surface area contributed by atoms with Crippen molar-refractivity contribution in [2.75, 3.05) is 12.8 Å². The zero-order valence-electron chi connectivity index (χ0n) is 18.3. The van der Waals surface area contributed by atoms with Crippen molar-refractivity contribution in [1.29, 1.82) is 5.26 Å². The molecule has 0 bridgehead atoms. The minimum Gasteiger partial charge on any atom is -0.342 e. The van der Waals surface area contributed by atoms with Crippen molar-refractivity contribution >= 4 is 17.7 Å². The Morgan fingerprint density at radius 2 is 1.50 bits per heavy atom. The second-order valence-corrected chi connectivity index (χ2v) is 8.48. The molecular formula is C23H23F6N3OS. The van der Waals surface area contributed by atoms with Gasteiger partial charge in [0.2, 0.25) is 5.91 Å². The van der Waals surface area contributed by atoms with Crippen molar-refractivity contribution in [3.63, 3.8) is 0 Å². The maximum atomic E-state index is 13.9. The molecule has 1 amide bonds. The number of nitriles is 1. The molecule has 2 aromatic carbocycles. The van der Waals surface area contributed by atoms with E-state index in [1.165, 1.54) is 24.3 Å². The number of thioether (sulfide) groups is 1. The Balaban J connectivity index is 2.32. The number of rotatable bonds is 9. The standard InChI is InChI=1S/C23H23F6N3OS/c1-14(22(24,25)26)13-19(21(33)31-12-11-30)32-20(23(27,28)29)17-5-3-15(4-6-17)16-7-9-18(34-2)10-8-16/h3-10,14,19-20,32H,12-13H2,1-2H3,(H,31,33)/t14?,19-,20-/m0/s1. The average molecular weight is 504 g/mol. The summed E-state index contributed by atoms with van der Waals surface area (Å²) in [6, 6.07) is 10.2. The predicted molar refractivity (Wildman–Crippen MR) is 118 cm³/mol. The van der Waals surface area contributed by atoms with E-state index < -0.39 is 49.2 Å². The monoisotopic (exact) mass is 503 g/mol. The summed E-state index contributed by atoms with van der Waals surface area (Å²) in [5.74, 6) is -3.16. The maximum absolute atomic E-state index is 13.9. The Hall–Kier alpha value is -2.71. The normalized spacial score (nSPS) is 14.7. The van der Waals surface area contributed by atoms with E-state index in [1.807, 2.05) is 41.2 Å². The van der Waals surface area contributed by atoms with Gasteiger partial charge in [0, 0.05) is 4.90 Å². The smallest absolute Gasteiger partial charge is 0.342 e. The van der Waals surface area contributed by atoms with Crippen LogP contribution in [-0.4, -0.2) is 37.1 Å². The molecular weight excluding hydrogens is 480 g/mol. The third-order valence-electron chi connectivity index (χ3n) is 5.17. The van der Waals surface area contributed by atoms with Crippen molar-refractivity contribution in [1.82, 2.24) is 10.6 Å². The van der Waals surface area contributed by atoms with Gasteiger partial charge in [0.25, 0.3) is 0 Å². The maximum Gasteiger partial charge on any atom is 0.407 e. The van der Waals surface area contributed by atoms with Gasteiger partial charge >= 0.3 is 12.4 Å². The van der Waals surface area contributed by atoms with Crippen molar-refractivity contribution < 1.29 is 31.1 Å². The van der Waals surface area contributed by atoms with Gasteiger partial charge in [-0.25, -0.2) is 0 Å². The summed E-state index contributed by atoms with van der Waals surface area (Å²) < 4.78 is 80.8. The van der Waals surface area contributed by atoms with E-state index >= 15 is 0 Å². The largest absolute Gasteiger partial charge is 0.407 e. The number of halogens is 6. The van der Waals surface area contributed by atoms with Crippen molar-refractivity contribution in [2.24, 2.45) is 5.92 Å². The molecule has 0 fully saturated rings. The summed E-state index contributed by atoms with van der Waals surface area (Å²) in [5, 5.41) is 12.7. The number of amides is 1. The fourth-order valence-corrected chi connectivity index (χ4v) is 3.63. The van der Waals surface area contributed by atoms with Gasteiger partial charge in [0.15, 0.2) is 0 Å². The molecule has 184 valence electrons. The van der Waals surface area contributed by atoms with E-state index in [0.717, 1.165) is 17.4 Å². The molecule has 0 aromatic heterocycles. The SMILES string of the molecule is CSc1ccc(-c2ccc([C@H](N[C@@H](CC(C)C(F)(F)F)C(=O)NCC#N)C(F)(F)F)cc2)cc1. The lowest BCUT2D eigenvalue weighted by Gasteiger charge is -2.29. The minimum absolute atomic E-state index is 0.255. The lowest BCUT2D eigenvalue weighted by atomic mass is 9.96. The van der Waals surface area contributed by atoms with Crippen LogP contribution in [0, 0.1) is 17.2 Å². The second-order valence-electron chi connectivity index (χ2n) is 7.60. The first-order valence-electron chi connectivity index (χ1n) is 10.1. The topological polar surface area (TPSA) is 64.9 Å². The lowest BCUT2D eigenvalue weighted by molar-refractivity contribution is -0.177. The molecule has 2 N–H and O–H groups in total. The molecule has 34 heavy (non-hydrogen) atoms. The average Bonchev–Trinajstić information content (AvgIpc) is 2.78. The lowest BCUT2D eigenvalue weighted by Crippen LogP contribution is -2.50. The molecule has 2 aromatic rings. The molecule has 0 radical (unpaired) electrons. The number of carbonyl (C=O) groups is 1.